The largest absolute Gasteiger partial charge is 0.518 e. The van der Waals surface area contributed by atoms with Crippen LogP contribution in [0.2, 0.25) is 16.6 Å². The minimum Gasteiger partial charge on any atom is -0.518 e. The minimum absolute atomic E-state index is 0.421. The molecule has 1 atom stereocenters. The highest BCUT2D eigenvalue weighted by Crippen LogP contribution is 2.45. The maximum atomic E-state index is 6.83. The molecule has 1 rings (SSSR count). The molecule has 1 aliphatic carbocycles. The quantitative estimate of drug-likeness (QED) is 0.264. The fraction of sp³-hybridized carbons (Fsp3) is 0.714. The van der Waals surface area contributed by atoms with Gasteiger partial charge in [-0.3, -0.25) is 0 Å². The lowest BCUT2D eigenvalue weighted by Gasteiger charge is -2.44. The highest BCUT2D eigenvalue weighted by atomic mass is 28.4. The zero-order valence-corrected chi connectivity index (χ0v) is 18.1. The van der Waals surface area contributed by atoms with Gasteiger partial charge in [-0.15, -0.1) is 0 Å². The average Bonchev–Trinajstić information content (AvgIpc) is 2.50. The van der Waals surface area contributed by atoms with Gasteiger partial charge in [0, 0.05) is 5.57 Å². The van der Waals surface area contributed by atoms with Gasteiger partial charge in [0.2, 0.25) is 0 Å². The molecule has 0 aliphatic heterocycles. The molecule has 0 bridgehead atoms. The highest BCUT2D eigenvalue weighted by Gasteiger charge is 2.48. The van der Waals surface area contributed by atoms with Crippen molar-refractivity contribution in [1.82, 2.24) is 0 Å². The molecule has 0 spiro atoms. The second-order valence-electron chi connectivity index (χ2n) is 8.26. The van der Waals surface area contributed by atoms with Crippen molar-refractivity contribution < 1.29 is 9.16 Å². The first-order chi connectivity index (χ1) is 11.1. The molecule has 0 radical (unpaired) electrons. The molecule has 0 aromatic heterocycles. The van der Waals surface area contributed by atoms with E-state index in [0.717, 1.165) is 30.8 Å². The van der Waals surface area contributed by atoms with E-state index in [4.69, 9.17) is 9.16 Å². The lowest BCUT2D eigenvalue weighted by Crippen LogP contribution is -2.48. The molecule has 0 N–H and O–H groups in total. The molecule has 2 nitrogen and oxygen atoms in total. The van der Waals surface area contributed by atoms with E-state index in [2.05, 4.69) is 74.1 Å². The number of hydrogen-bond acceptors (Lipinski definition) is 2. The van der Waals surface area contributed by atoms with Crippen molar-refractivity contribution in [2.45, 2.75) is 96.9 Å². The second kappa shape index (κ2) is 8.42. The number of hydrogen-bond donors (Lipinski definition) is 0. The molecule has 0 aromatic carbocycles. The van der Waals surface area contributed by atoms with E-state index >= 15 is 0 Å². The Kier molecular flexibility index (Phi) is 7.39. The minimum atomic E-state index is -2.02. The molecule has 3 heteroatoms. The third-order valence-electron chi connectivity index (χ3n) is 5.35. The number of ether oxygens (including phenoxy) is 1. The Morgan fingerprint density at radius 1 is 1.08 bits per heavy atom. The zero-order chi connectivity index (χ0) is 18.5. The molecular formula is C21H38O2Si. The normalized spacial score (nSPS) is 21.3. The Labute approximate surface area is 151 Å². The summed E-state index contributed by atoms with van der Waals surface area (Å²) in [5, 5.41) is 0. The van der Waals surface area contributed by atoms with E-state index < -0.39 is 13.9 Å². The van der Waals surface area contributed by atoms with Gasteiger partial charge in [0.15, 0.2) is 0 Å². The van der Waals surface area contributed by atoms with E-state index in [1.165, 1.54) is 0 Å². The van der Waals surface area contributed by atoms with Crippen molar-refractivity contribution in [1.29, 1.82) is 0 Å². The van der Waals surface area contributed by atoms with Gasteiger partial charge >= 0.3 is 0 Å². The van der Waals surface area contributed by atoms with Gasteiger partial charge in [0.1, 0.15) is 5.60 Å². The monoisotopic (exact) mass is 350 g/mol. The first-order valence-corrected chi connectivity index (χ1v) is 11.6. The SMILES string of the molecule is C=CC1(OC(O[Si](C(C)C)(C(C)C)C(C)C)=C(C)C)C=CCCC1. The van der Waals surface area contributed by atoms with Gasteiger partial charge in [-0.2, -0.15) is 0 Å². The Bertz CT molecular complexity index is 462. The van der Waals surface area contributed by atoms with Gasteiger partial charge in [-0.05, 0) is 61.9 Å². The molecule has 1 unspecified atom stereocenters. The van der Waals surface area contributed by atoms with Crippen LogP contribution < -0.4 is 0 Å². The van der Waals surface area contributed by atoms with E-state index in [-0.39, 0.29) is 0 Å². The van der Waals surface area contributed by atoms with E-state index in [0.29, 0.717) is 16.6 Å². The summed E-state index contributed by atoms with van der Waals surface area (Å²) < 4.78 is 13.3. The molecular weight excluding hydrogens is 312 g/mol. The van der Waals surface area contributed by atoms with Crippen LogP contribution in [0, 0.1) is 0 Å². The van der Waals surface area contributed by atoms with Gasteiger partial charge < -0.3 is 9.16 Å². The Hall–Kier alpha value is -0.963. The number of allylic oxidation sites excluding steroid dienone is 2. The van der Waals surface area contributed by atoms with Crippen LogP contribution in [0.25, 0.3) is 0 Å². The third kappa shape index (κ3) is 4.36. The molecule has 24 heavy (non-hydrogen) atoms. The van der Waals surface area contributed by atoms with Crippen LogP contribution in [0.15, 0.2) is 36.3 Å². The molecule has 138 valence electrons. The summed E-state index contributed by atoms with van der Waals surface area (Å²) in [5.74, 6) is 0.726. The van der Waals surface area contributed by atoms with Crippen molar-refractivity contribution in [3.63, 3.8) is 0 Å². The zero-order valence-electron chi connectivity index (χ0n) is 17.1. The van der Waals surface area contributed by atoms with E-state index in [9.17, 15) is 0 Å². The third-order valence-corrected chi connectivity index (χ3v) is 11.3. The summed E-state index contributed by atoms with van der Waals surface area (Å²) >= 11 is 0. The van der Waals surface area contributed by atoms with Crippen molar-refractivity contribution in [3.8, 4) is 0 Å². The molecule has 1 aliphatic rings. The predicted molar refractivity (Wildman–Crippen MR) is 108 cm³/mol. The summed E-state index contributed by atoms with van der Waals surface area (Å²) in [6.45, 7) is 22.0. The lowest BCUT2D eigenvalue weighted by atomic mass is 9.91. The first kappa shape index (κ1) is 21.1. The van der Waals surface area contributed by atoms with E-state index in [1.807, 2.05) is 6.08 Å². The Morgan fingerprint density at radius 2 is 1.62 bits per heavy atom. The average molecular weight is 351 g/mol. The van der Waals surface area contributed by atoms with Crippen molar-refractivity contribution in [2.75, 3.05) is 0 Å². The van der Waals surface area contributed by atoms with E-state index in [1.54, 1.807) is 0 Å². The lowest BCUT2D eigenvalue weighted by molar-refractivity contribution is 0.00312. The highest BCUT2D eigenvalue weighted by molar-refractivity contribution is 6.77. The van der Waals surface area contributed by atoms with Crippen LogP contribution in [0.3, 0.4) is 0 Å². The van der Waals surface area contributed by atoms with Crippen LogP contribution >= 0.6 is 0 Å². The van der Waals surface area contributed by atoms with Crippen LogP contribution in [-0.2, 0) is 9.16 Å². The van der Waals surface area contributed by atoms with Crippen molar-refractivity contribution in [3.05, 3.63) is 36.3 Å². The summed E-state index contributed by atoms with van der Waals surface area (Å²) in [4.78, 5) is 0. The summed E-state index contributed by atoms with van der Waals surface area (Å²) in [6, 6.07) is 0. The fourth-order valence-electron chi connectivity index (χ4n) is 4.07. The summed E-state index contributed by atoms with van der Waals surface area (Å²) in [6.07, 6.45) is 9.49. The van der Waals surface area contributed by atoms with Gasteiger partial charge in [0.05, 0.1) is 0 Å². The van der Waals surface area contributed by atoms with Gasteiger partial charge in [-0.25, -0.2) is 0 Å². The van der Waals surface area contributed by atoms with Crippen LogP contribution in [0.1, 0.15) is 74.7 Å². The van der Waals surface area contributed by atoms with Crippen LogP contribution in [0.5, 0.6) is 0 Å². The smallest absolute Gasteiger partial charge is 0.265 e. The van der Waals surface area contributed by atoms with Crippen LogP contribution in [0.4, 0.5) is 0 Å². The molecule has 0 heterocycles. The van der Waals surface area contributed by atoms with Crippen molar-refractivity contribution in [2.24, 2.45) is 0 Å². The molecule has 0 saturated heterocycles. The fourth-order valence-corrected chi connectivity index (χ4v) is 9.34. The van der Waals surface area contributed by atoms with Crippen molar-refractivity contribution >= 4 is 8.32 Å². The van der Waals surface area contributed by atoms with Gasteiger partial charge in [-0.1, -0.05) is 54.2 Å². The Balaban J connectivity index is 3.21. The first-order valence-electron chi connectivity index (χ1n) is 9.48. The standard InChI is InChI=1S/C21H38O2Si/c1-10-21(14-12-11-13-15-21)22-20(16(2)3)23-24(17(4)5,18(6)7)19(8)9/h10,12,14,17-19H,1,11,13,15H2,2-9H3. The number of rotatable bonds is 8. The summed E-state index contributed by atoms with van der Waals surface area (Å²) in [7, 11) is -2.02. The topological polar surface area (TPSA) is 18.5 Å². The molecule has 0 amide bonds. The molecule has 0 fully saturated rings. The molecule has 0 saturated carbocycles. The maximum absolute atomic E-state index is 6.83. The van der Waals surface area contributed by atoms with Crippen LogP contribution in [-0.4, -0.2) is 13.9 Å². The predicted octanol–water partition coefficient (Wildman–Crippen LogP) is 7.11. The maximum Gasteiger partial charge on any atom is 0.265 e. The molecule has 0 aromatic rings. The summed E-state index contributed by atoms with van der Waals surface area (Å²) in [5.41, 5.74) is 2.26. The second-order valence-corrected chi connectivity index (χ2v) is 13.6. The van der Waals surface area contributed by atoms with Gasteiger partial charge in [0.25, 0.3) is 14.3 Å². The Morgan fingerprint density at radius 3 is 1.96 bits per heavy atom.